The van der Waals surface area contributed by atoms with Gasteiger partial charge in [-0.1, -0.05) is 48.0 Å². The van der Waals surface area contributed by atoms with Crippen LogP contribution in [0, 0.1) is 6.92 Å². The average Bonchev–Trinajstić information content (AvgIpc) is 3.49. The number of benzene rings is 2. The predicted molar refractivity (Wildman–Crippen MR) is 117 cm³/mol. The molecule has 1 aliphatic heterocycles. The Balaban J connectivity index is 1.41. The number of hydrogen-bond donors (Lipinski definition) is 0. The van der Waals surface area contributed by atoms with Crippen LogP contribution in [0.15, 0.2) is 79.1 Å². The molecule has 1 aliphatic rings. The normalized spacial score (nSPS) is 12.9. The Kier molecular flexibility index (Phi) is 4.71. The first-order valence-corrected chi connectivity index (χ1v) is 10.3. The summed E-state index contributed by atoms with van der Waals surface area (Å²) >= 11 is 0. The summed E-state index contributed by atoms with van der Waals surface area (Å²) < 4.78 is 4.08. The summed E-state index contributed by atoms with van der Waals surface area (Å²) in [6.45, 7) is 3.25. The summed E-state index contributed by atoms with van der Waals surface area (Å²) in [6, 6.07) is 22.6. The number of rotatable bonds is 5. The first kappa shape index (κ1) is 18.4. The molecular formula is C25H24N4O. The number of fused-ring (bicyclic) bond motifs is 1. The summed E-state index contributed by atoms with van der Waals surface area (Å²) in [5.41, 5.74) is 5.55. The van der Waals surface area contributed by atoms with E-state index in [2.05, 4.69) is 47.9 Å². The van der Waals surface area contributed by atoms with Crippen molar-refractivity contribution in [1.82, 2.24) is 19.2 Å². The molecule has 0 radical (unpaired) electrons. The minimum Gasteiger partial charge on any atom is -0.332 e. The molecule has 2 aromatic carbocycles. The van der Waals surface area contributed by atoms with Gasteiger partial charge in [0.1, 0.15) is 5.82 Å². The first-order chi connectivity index (χ1) is 14.7. The number of aromatic nitrogens is 3. The fraction of sp³-hybridized carbons (Fsp3) is 0.200. The SMILES string of the molecule is Cc1ccc(-n2nc3c(c2-n2cccc2)CN(C(=O)CCc2ccccc2)C3)cc1. The lowest BCUT2D eigenvalue weighted by Gasteiger charge is -2.17. The molecule has 1 amide bonds. The highest BCUT2D eigenvalue weighted by atomic mass is 16.2. The van der Waals surface area contributed by atoms with Gasteiger partial charge < -0.3 is 9.47 Å². The maximum atomic E-state index is 12.9. The molecule has 5 heteroatoms. The topological polar surface area (TPSA) is 43.1 Å². The minimum absolute atomic E-state index is 0.178. The van der Waals surface area contributed by atoms with Crippen molar-refractivity contribution in [2.24, 2.45) is 0 Å². The molecule has 3 heterocycles. The monoisotopic (exact) mass is 396 g/mol. The van der Waals surface area contributed by atoms with E-state index in [-0.39, 0.29) is 5.91 Å². The van der Waals surface area contributed by atoms with Gasteiger partial charge in [-0.25, -0.2) is 4.68 Å². The van der Waals surface area contributed by atoms with Gasteiger partial charge in [0.25, 0.3) is 0 Å². The second kappa shape index (κ2) is 7.67. The van der Waals surface area contributed by atoms with E-state index in [1.54, 1.807) is 0 Å². The molecule has 30 heavy (non-hydrogen) atoms. The fourth-order valence-corrected chi connectivity index (χ4v) is 4.04. The van der Waals surface area contributed by atoms with E-state index in [0.717, 1.165) is 29.2 Å². The van der Waals surface area contributed by atoms with Crippen LogP contribution in [-0.4, -0.2) is 25.2 Å². The zero-order chi connectivity index (χ0) is 20.5. The van der Waals surface area contributed by atoms with Crippen LogP contribution < -0.4 is 0 Å². The molecule has 4 aromatic rings. The van der Waals surface area contributed by atoms with Gasteiger partial charge in [-0.05, 0) is 43.2 Å². The van der Waals surface area contributed by atoms with Crippen molar-refractivity contribution in [3.05, 3.63) is 102 Å². The van der Waals surface area contributed by atoms with E-state index < -0.39 is 0 Å². The number of carbonyl (C=O) groups excluding carboxylic acids is 1. The van der Waals surface area contributed by atoms with Crippen molar-refractivity contribution in [2.75, 3.05) is 0 Å². The molecule has 0 N–H and O–H groups in total. The highest BCUT2D eigenvalue weighted by Gasteiger charge is 2.31. The maximum absolute atomic E-state index is 12.9. The number of aryl methyl sites for hydroxylation is 2. The van der Waals surface area contributed by atoms with Crippen molar-refractivity contribution in [1.29, 1.82) is 0 Å². The van der Waals surface area contributed by atoms with Gasteiger partial charge in [-0.2, -0.15) is 5.10 Å². The lowest BCUT2D eigenvalue weighted by molar-refractivity contribution is -0.131. The van der Waals surface area contributed by atoms with Gasteiger partial charge in [0.05, 0.1) is 24.5 Å². The summed E-state index contributed by atoms with van der Waals surface area (Å²) in [4.78, 5) is 14.8. The number of nitrogens with zero attached hydrogens (tertiary/aromatic N) is 4. The Hall–Kier alpha value is -3.60. The molecule has 0 fully saturated rings. The molecule has 0 bridgehead atoms. The van der Waals surface area contributed by atoms with Crippen LogP contribution in [0.25, 0.3) is 11.5 Å². The summed E-state index contributed by atoms with van der Waals surface area (Å²) in [5.74, 6) is 1.19. The Morgan fingerprint density at radius 1 is 0.933 bits per heavy atom. The van der Waals surface area contributed by atoms with Crippen molar-refractivity contribution in [2.45, 2.75) is 32.9 Å². The van der Waals surface area contributed by atoms with Crippen LogP contribution in [0.5, 0.6) is 0 Å². The molecule has 0 aliphatic carbocycles. The van der Waals surface area contributed by atoms with Crippen LogP contribution in [0.2, 0.25) is 0 Å². The smallest absolute Gasteiger partial charge is 0.223 e. The lowest BCUT2D eigenvalue weighted by Crippen LogP contribution is -2.26. The Morgan fingerprint density at radius 2 is 1.67 bits per heavy atom. The third-order valence-electron chi connectivity index (χ3n) is 5.68. The highest BCUT2D eigenvalue weighted by Crippen LogP contribution is 2.31. The van der Waals surface area contributed by atoms with Gasteiger partial charge in [0.15, 0.2) is 0 Å². The van der Waals surface area contributed by atoms with Crippen LogP contribution >= 0.6 is 0 Å². The highest BCUT2D eigenvalue weighted by molar-refractivity contribution is 5.77. The molecule has 5 nitrogen and oxygen atoms in total. The molecule has 0 saturated carbocycles. The van der Waals surface area contributed by atoms with Crippen LogP contribution in [0.4, 0.5) is 0 Å². The summed E-state index contributed by atoms with van der Waals surface area (Å²) in [6.07, 6.45) is 5.34. The van der Waals surface area contributed by atoms with Crippen molar-refractivity contribution in [3.63, 3.8) is 0 Å². The van der Waals surface area contributed by atoms with E-state index in [0.29, 0.717) is 19.5 Å². The molecular weight excluding hydrogens is 372 g/mol. The van der Waals surface area contributed by atoms with E-state index >= 15 is 0 Å². The third-order valence-corrected chi connectivity index (χ3v) is 5.68. The Bertz CT molecular complexity index is 1160. The maximum Gasteiger partial charge on any atom is 0.223 e. The largest absolute Gasteiger partial charge is 0.332 e. The van der Waals surface area contributed by atoms with Crippen LogP contribution in [0.1, 0.15) is 28.8 Å². The Labute approximate surface area is 176 Å². The van der Waals surface area contributed by atoms with Gasteiger partial charge >= 0.3 is 0 Å². The molecule has 2 aromatic heterocycles. The van der Waals surface area contributed by atoms with E-state index in [1.807, 2.05) is 52.3 Å². The number of hydrogen-bond acceptors (Lipinski definition) is 2. The first-order valence-electron chi connectivity index (χ1n) is 10.3. The Morgan fingerprint density at radius 3 is 2.40 bits per heavy atom. The minimum atomic E-state index is 0.178. The third kappa shape index (κ3) is 3.43. The standard InChI is InChI=1S/C25H24N4O/c1-19-9-12-21(13-10-19)29-25(27-15-5-6-16-27)22-17-28(18-23(22)26-29)24(30)14-11-20-7-3-2-4-8-20/h2-10,12-13,15-16H,11,14,17-18H2,1H3. The van der Waals surface area contributed by atoms with Gasteiger partial charge in [-0.15, -0.1) is 0 Å². The fourth-order valence-electron chi connectivity index (χ4n) is 4.04. The molecule has 0 atom stereocenters. The van der Waals surface area contributed by atoms with Gasteiger partial charge in [0, 0.05) is 24.4 Å². The van der Waals surface area contributed by atoms with E-state index in [4.69, 9.17) is 5.10 Å². The van der Waals surface area contributed by atoms with E-state index in [9.17, 15) is 4.79 Å². The van der Waals surface area contributed by atoms with Crippen LogP contribution in [-0.2, 0) is 24.3 Å². The lowest BCUT2D eigenvalue weighted by atomic mass is 10.1. The molecule has 0 saturated heterocycles. The molecule has 5 rings (SSSR count). The zero-order valence-corrected chi connectivity index (χ0v) is 17.0. The van der Waals surface area contributed by atoms with Gasteiger partial charge in [-0.3, -0.25) is 4.79 Å². The van der Waals surface area contributed by atoms with Crippen molar-refractivity contribution >= 4 is 5.91 Å². The number of amides is 1. The quantitative estimate of drug-likeness (QED) is 0.500. The van der Waals surface area contributed by atoms with Gasteiger partial charge in [0.2, 0.25) is 5.91 Å². The molecule has 0 spiro atoms. The molecule has 0 unspecified atom stereocenters. The van der Waals surface area contributed by atoms with Crippen molar-refractivity contribution < 1.29 is 4.79 Å². The average molecular weight is 396 g/mol. The second-order valence-corrected chi connectivity index (χ2v) is 7.82. The van der Waals surface area contributed by atoms with E-state index in [1.165, 1.54) is 11.1 Å². The summed E-state index contributed by atoms with van der Waals surface area (Å²) in [5, 5.41) is 4.90. The predicted octanol–water partition coefficient (Wildman–Crippen LogP) is 4.45. The van der Waals surface area contributed by atoms with Crippen molar-refractivity contribution in [3.8, 4) is 11.5 Å². The second-order valence-electron chi connectivity index (χ2n) is 7.82. The molecule has 150 valence electrons. The zero-order valence-electron chi connectivity index (χ0n) is 17.0. The number of carbonyl (C=O) groups is 1. The van der Waals surface area contributed by atoms with Crippen LogP contribution in [0.3, 0.4) is 0 Å². The summed E-state index contributed by atoms with van der Waals surface area (Å²) in [7, 11) is 0.